The zero-order valence-corrected chi connectivity index (χ0v) is 11.2. The molecule has 0 saturated carbocycles. The normalized spacial score (nSPS) is 11.8. The van der Waals surface area contributed by atoms with E-state index in [1.54, 1.807) is 24.3 Å². The van der Waals surface area contributed by atoms with Gasteiger partial charge in [-0.25, -0.2) is 0 Å². The Balaban J connectivity index is 1.72. The molecule has 114 valence electrons. The molecule has 0 atom stereocenters. The van der Waals surface area contributed by atoms with Crippen LogP contribution in [0.3, 0.4) is 0 Å². The molecule has 2 aromatic carbocycles. The zero-order valence-electron chi connectivity index (χ0n) is 11.2. The summed E-state index contributed by atoms with van der Waals surface area (Å²) in [5, 5.41) is 10.2. The van der Waals surface area contributed by atoms with Gasteiger partial charge in [0, 0.05) is 0 Å². The number of halogens is 3. The van der Waals surface area contributed by atoms with Crippen LogP contribution in [0.15, 0.2) is 52.9 Å². The zero-order chi connectivity index (χ0) is 15.7. The van der Waals surface area contributed by atoms with E-state index >= 15 is 0 Å². The predicted octanol–water partition coefficient (Wildman–Crippen LogP) is 4.74. The van der Waals surface area contributed by atoms with Crippen molar-refractivity contribution in [3.63, 3.8) is 0 Å². The lowest BCUT2D eigenvalue weighted by Gasteiger charge is -2.08. The lowest BCUT2D eigenvalue weighted by atomic mass is 10.2. The van der Waals surface area contributed by atoms with E-state index in [0.717, 1.165) is 12.1 Å². The van der Waals surface area contributed by atoms with Gasteiger partial charge in [-0.15, -0.1) is 0 Å². The Kier molecular flexibility index (Phi) is 3.44. The van der Waals surface area contributed by atoms with Crippen LogP contribution >= 0.6 is 0 Å². The third kappa shape index (κ3) is 2.86. The van der Waals surface area contributed by atoms with Crippen molar-refractivity contribution < 1.29 is 27.4 Å². The minimum Gasteiger partial charge on any atom is -0.507 e. The van der Waals surface area contributed by atoms with Crippen LogP contribution < -0.4 is 4.74 Å². The smallest absolute Gasteiger partial charge is 0.416 e. The van der Waals surface area contributed by atoms with Crippen LogP contribution in [0.4, 0.5) is 13.2 Å². The van der Waals surface area contributed by atoms with Gasteiger partial charge in [-0.3, -0.25) is 0 Å². The van der Waals surface area contributed by atoms with Crippen molar-refractivity contribution >= 4 is 11.0 Å². The highest BCUT2D eigenvalue weighted by Gasteiger charge is 2.30. The third-order valence-corrected chi connectivity index (χ3v) is 3.15. The summed E-state index contributed by atoms with van der Waals surface area (Å²) in [6.07, 6.45) is -4.37. The third-order valence-electron chi connectivity index (χ3n) is 3.15. The van der Waals surface area contributed by atoms with Crippen LogP contribution in [0.1, 0.15) is 11.3 Å². The number of alkyl halides is 3. The van der Waals surface area contributed by atoms with E-state index in [4.69, 9.17) is 9.15 Å². The molecule has 1 aromatic heterocycles. The second-order valence-corrected chi connectivity index (χ2v) is 4.71. The van der Waals surface area contributed by atoms with E-state index in [1.165, 1.54) is 12.1 Å². The topological polar surface area (TPSA) is 42.6 Å². The Morgan fingerprint density at radius 1 is 1.05 bits per heavy atom. The number of hydrogen-bond donors (Lipinski definition) is 1. The van der Waals surface area contributed by atoms with Gasteiger partial charge in [-0.2, -0.15) is 13.2 Å². The summed E-state index contributed by atoms with van der Waals surface area (Å²) < 4.78 is 48.2. The maximum absolute atomic E-state index is 12.4. The molecule has 0 saturated heterocycles. The van der Waals surface area contributed by atoms with Crippen LogP contribution in [0.25, 0.3) is 11.0 Å². The monoisotopic (exact) mass is 308 g/mol. The van der Waals surface area contributed by atoms with Gasteiger partial charge in [0.1, 0.15) is 29.4 Å². The predicted molar refractivity (Wildman–Crippen MR) is 73.7 cm³/mol. The molecule has 3 aromatic rings. The number of rotatable bonds is 3. The summed E-state index contributed by atoms with van der Waals surface area (Å²) >= 11 is 0. The van der Waals surface area contributed by atoms with Crippen molar-refractivity contribution in [1.29, 1.82) is 0 Å². The van der Waals surface area contributed by atoms with Crippen molar-refractivity contribution in [3.8, 4) is 11.5 Å². The molecule has 6 heteroatoms. The number of phenols is 1. The van der Waals surface area contributed by atoms with E-state index in [-0.39, 0.29) is 12.4 Å². The van der Waals surface area contributed by atoms with Gasteiger partial charge in [0.15, 0.2) is 0 Å². The first kappa shape index (κ1) is 14.3. The average Bonchev–Trinajstić information content (AvgIpc) is 2.89. The van der Waals surface area contributed by atoms with Crippen molar-refractivity contribution in [2.75, 3.05) is 0 Å². The van der Waals surface area contributed by atoms with Gasteiger partial charge in [0.05, 0.1) is 10.9 Å². The summed E-state index contributed by atoms with van der Waals surface area (Å²) in [6.45, 7) is 0.0550. The Hall–Kier alpha value is -2.63. The summed E-state index contributed by atoms with van der Waals surface area (Å²) in [4.78, 5) is 0. The van der Waals surface area contributed by atoms with Crippen LogP contribution in [-0.2, 0) is 12.8 Å². The van der Waals surface area contributed by atoms with E-state index < -0.39 is 11.7 Å². The largest absolute Gasteiger partial charge is 0.507 e. The molecular weight excluding hydrogens is 297 g/mol. The average molecular weight is 308 g/mol. The van der Waals surface area contributed by atoms with E-state index in [9.17, 15) is 18.3 Å². The second-order valence-electron chi connectivity index (χ2n) is 4.71. The molecule has 22 heavy (non-hydrogen) atoms. The van der Waals surface area contributed by atoms with Gasteiger partial charge in [-0.05, 0) is 42.5 Å². The molecule has 0 amide bonds. The van der Waals surface area contributed by atoms with Crippen molar-refractivity contribution in [1.82, 2.24) is 0 Å². The minimum atomic E-state index is -4.37. The Bertz CT molecular complexity index is 788. The quantitative estimate of drug-likeness (QED) is 0.760. The fourth-order valence-electron chi connectivity index (χ4n) is 2.06. The van der Waals surface area contributed by atoms with E-state index in [1.807, 2.05) is 0 Å². The van der Waals surface area contributed by atoms with Crippen LogP contribution in [0.5, 0.6) is 11.5 Å². The number of furan rings is 1. The van der Waals surface area contributed by atoms with Gasteiger partial charge in [0.2, 0.25) is 0 Å². The van der Waals surface area contributed by atoms with Gasteiger partial charge in [0.25, 0.3) is 0 Å². The number of benzene rings is 2. The highest BCUT2D eigenvalue weighted by Crippen LogP contribution is 2.31. The van der Waals surface area contributed by atoms with E-state index in [2.05, 4.69) is 0 Å². The lowest BCUT2D eigenvalue weighted by Crippen LogP contribution is -2.04. The summed E-state index contributed by atoms with van der Waals surface area (Å²) in [6, 6.07) is 11.0. The van der Waals surface area contributed by atoms with Gasteiger partial charge in [-0.1, -0.05) is 6.07 Å². The number of hydrogen-bond acceptors (Lipinski definition) is 3. The van der Waals surface area contributed by atoms with Crippen molar-refractivity contribution in [3.05, 3.63) is 59.9 Å². The maximum atomic E-state index is 12.4. The molecule has 0 unspecified atom stereocenters. The second kappa shape index (κ2) is 5.29. The van der Waals surface area contributed by atoms with Crippen LogP contribution in [0.2, 0.25) is 0 Å². The van der Waals surface area contributed by atoms with Crippen LogP contribution in [0, 0.1) is 0 Å². The SMILES string of the molecule is Oc1cccc2oc(COc3ccc(C(F)(F)F)cc3)cc12. The molecule has 0 spiro atoms. The van der Waals surface area contributed by atoms with E-state index in [0.29, 0.717) is 22.5 Å². The lowest BCUT2D eigenvalue weighted by molar-refractivity contribution is -0.137. The first-order valence-electron chi connectivity index (χ1n) is 6.44. The summed E-state index contributed by atoms with van der Waals surface area (Å²) in [5.74, 6) is 0.871. The summed E-state index contributed by atoms with van der Waals surface area (Å²) in [5.41, 5.74) is -0.209. The molecule has 0 bridgehead atoms. The molecule has 1 N–H and O–H groups in total. The fraction of sp³-hybridized carbons (Fsp3) is 0.125. The number of ether oxygens (including phenoxy) is 1. The first-order valence-corrected chi connectivity index (χ1v) is 6.44. The minimum absolute atomic E-state index is 0.0550. The highest BCUT2D eigenvalue weighted by molar-refractivity contribution is 5.84. The molecule has 0 fully saturated rings. The standard InChI is InChI=1S/C16H11F3O3/c17-16(18,19)10-4-6-11(7-5-10)21-9-12-8-13-14(20)2-1-3-15(13)22-12/h1-8,20H,9H2. The van der Waals surface area contributed by atoms with Crippen LogP contribution in [-0.4, -0.2) is 5.11 Å². The molecule has 0 aliphatic heterocycles. The van der Waals surface area contributed by atoms with Gasteiger partial charge < -0.3 is 14.3 Å². The van der Waals surface area contributed by atoms with Crippen molar-refractivity contribution in [2.45, 2.75) is 12.8 Å². The molecule has 0 aliphatic carbocycles. The first-order chi connectivity index (χ1) is 10.4. The molecule has 0 radical (unpaired) electrons. The Morgan fingerprint density at radius 3 is 2.41 bits per heavy atom. The molecule has 3 rings (SSSR count). The van der Waals surface area contributed by atoms with Crippen molar-refractivity contribution in [2.24, 2.45) is 0 Å². The van der Waals surface area contributed by atoms with Gasteiger partial charge >= 0.3 is 6.18 Å². The Labute approximate surface area is 123 Å². The maximum Gasteiger partial charge on any atom is 0.416 e. The number of aromatic hydroxyl groups is 1. The molecule has 0 aliphatic rings. The molecule has 3 nitrogen and oxygen atoms in total. The summed E-state index contributed by atoms with van der Waals surface area (Å²) in [7, 11) is 0. The number of phenolic OH excluding ortho intramolecular Hbond substituents is 1. The highest BCUT2D eigenvalue weighted by atomic mass is 19.4. The molecular formula is C16H11F3O3. The number of fused-ring (bicyclic) bond motifs is 1. The fourth-order valence-corrected chi connectivity index (χ4v) is 2.06. The Morgan fingerprint density at radius 2 is 1.77 bits per heavy atom. The molecule has 1 heterocycles.